The third-order valence-corrected chi connectivity index (χ3v) is 2.82. The van der Waals surface area contributed by atoms with Gasteiger partial charge in [-0.3, -0.25) is 4.79 Å². The maximum absolute atomic E-state index is 11.8. The van der Waals surface area contributed by atoms with Crippen LogP contribution in [0.25, 0.3) is 5.65 Å². The van der Waals surface area contributed by atoms with Crippen molar-refractivity contribution in [2.75, 3.05) is 6.61 Å². The number of rotatable bonds is 3. The SMILES string of the molecule is CC(C)(C)C(=O)COC(=O)c1ccc2n[nH]c(=O)n2c1. The summed E-state index contributed by atoms with van der Waals surface area (Å²) in [5.41, 5.74) is -0.424. The quantitative estimate of drug-likeness (QED) is 0.837. The van der Waals surface area contributed by atoms with Crippen LogP contribution in [0.1, 0.15) is 31.1 Å². The molecule has 0 aliphatic rings. The van der Waals surface area contributed by atoms with Gasteiger partial charge < -0.3 is 4.74 Å². The highest BCUT2D eigenvalue weighted by Gasteiger charge is 2.22. The van der Waals surface area contributed by atoms with Crippen LogP contribution >= 0.6 is 0 Å². The van der Waals surface area contributed by atoms with Crippen molar-refractivity contribution >= 4 is 17.4 Å². The first-order valence-corrected chi connectivity index (χ1v) is 6.06. The smallest absolute Gasteiger partial charge is 0.347 e. The zero-order valence-corrected chi connectivity index (χ0v) is 11.5. The van der Waals surface area contributed by atoms with Gasteiger partial charge in [-0.05, 0) is 12.1 Å². The van der Waals surface area contributed by atoms with E-state index in [-0.39, 0.29) is 18.0 Å². The van der Waals surface area contributed by atoms with Crippen LogP contribution in [0, 0.1) is 5.41 Å². The second-order valence-corrected chi connectivity index (χ2v) is 5.42. The van der Waals surface area contributed by atoms with Crippen LogP contribution in [0.3, 0.4) is 0 Å². The zero-order chi connectivity index (χ0) is 14.9. The Morgan fingerprint density at radius 3 is 2.70 bits per heavy atom. The Morgan fingerprint density at radius 1 is 1.35 bits per heavy atom. The van der Waals surface area contributed by atoms with E-state index in [0.29, 0.717) is 5.65 Å². The molecule has 7 nitrogen and oxygen atoms in total. The summed E-state index contributed by atoms with van der Waals surface area (Å²) in [5.74, 6) is -0.829. The van der Waals surface area contributed by atoms with Crippen molar-refractivity contribution in [3.05, 3.63) is 34.4 Å². The second-order valence-electron chi connectivity index (χ2n) is 5.42. The van der Waals surface area contributed by atoms with Gasteiger partial charge in [-0.2, -0.15) is 5.10 Å². The van der Waals surface area contributed by atoms with Crippen LogP contribution in [0.15, 0.2) is 23.1 Å². The van der Waals surface area contributed by atoms with Crippen molar-refractivity contribution in [2.45, 2.75) is 20.8 Å². The van der Waals surface area contributed by atoms with Crippen LogP contribution in [-0.4, -0.2) is 33.0 Å². The number of ketones is 1. The average Bonchev–Trinajstić information content (AvgIpc) is 2.75. The lowest BCUT2D eigenvalue weighted by Gasteiger charge is -2.16. The Morgan fingerprint density at radius 2 is 2.05 bits per heavy atom. The topological polar surface area (TPSA) is 93.5 Å². The molecule has 0 saturated carbocycles. The summed E-state index contributed by atoms with van der Waals surface area (Å²) in [7, 11) is 0. The molecule has 2 heterocycles. The summed E-state index contributed by atoms with van der Waals surface area (Å²) in [6, 6.07) is 3.00. The van der Waals surface area contributed by atoms with Gasteiger partial charge in [-0.25, -0.2) is 19.1 Å². The fraction of sp³-hybridized carbons (Fsp3) is 0.385. The highest BCUT2D eigenvalue weighted by atomic mass is 16.5. The first kappa shape index (κ1) is 14.0. The summed E-state index contributed by atoms with van der Waals surface area (Å²) < 4.78 is 6.14. The van der Waals surface area contributed by atoms with Crippen LogP contribution in [0.4, 0.5) is 0 Å². The molecule has 0 aliphatic carbocycles. The molecule has 0 aliphatic heterocycles. The van der Waals surface area contributed by atoms with E-state index in [4.69, 9.17) is 4.74 Å². The molecule has 106 valence electrons. The molecule has 0 fully saturated rings. The van der Waals surface area contributed by atoms with E-state index >= 15 is 0 Å². The van der Waals surface area contributed by atoms with Crippen molar-refractivity contribution in [1.82, 2.24) is 14.6 Å². The lowest BCUT2D eigenvalue weighted by Crippen LogP contribution is -2.26. The number of nitrogens with zero attached hydrogens (tertiary/aromatic N) is 2. The molecular formula is C13H15N3O4. The number of pyridine rings is 1. The predicted octanol–water partition coefficient (Wildman–Crippen LogP) is 0.795. The molecule has 2 rings (SSSR count). The maximum atomic E-state index is 11.8. The first-order valence-electron chi connectivity index (χ1n) is 6.06. The van der Waals surface area contributed by atoms with E-state index in [1.165, 1.54) is 22.7 Å². The third kappa shape index (κ3) is 2.76. The average molecular weight is 277 g/mol. The number of ether oxygens (including phenoxy) is 1. The van der Waals surface area contributed by atoms with E-state index in [0.717, 1.165) is 0 Å². The monoisotopic (exact) mass is 277 g/mol. The van der Waals surface area contributed by atoms with Gasteiger partial charge in [0.15, 0.2) is 18.0 Å². The number of H-pyrrole nitrogens is 1. The first-order chi connectivity index (χ1) is 9.29. The molecule has 0 spiro atoms. The Balaban J connectivity index is 2.14. The molecule has 0 radical (unpaired) electrons. The number of nitrogens with one attached hydrogen (secondary N) is 1. The molecule has 0 unspecified atom stereocenters. The molecule has 1 N–H and O–H groups in total. The van der Waals surface area contributed by atoms with Crippen LogP contribution in [0.5, 0.6) is 0 Å². The number of esters is 1. The Labute approximate surface area is 114 Å². The van der Waals surface area contributed by atoms with Crippen LogP contribution in [0.2, 0.25) is 0 Å². The number of aromatic nitrogens is 3. The van der Waals surface area contributed by atoms with Gasteiger partial charge in [0.25, 0.3) is 0 Å². The molecule has 0 atom stereocenters. The van der Waals surface area contributed by atoms with Crippen molar-refractivity contribution in [3.63, 3.8) is 0 Å². The highest BCUT2D eigenvalue weighted by Crippen LogP contribution is 2.15. The van der Waals surface area contributed by atoms with Gasteiger partial charge in [0.05, 0.1) is 5.56 Å². The molecule has 2 aromatic rings. The van der Waals surface area contributed by atoms with Gasteiger partial charge >= 0.3 is 11.7 Å². The van der Waals surface area contributed by atoms with Crippen molar-refractivity contribution in [1.29, 1.82) is 0 Å². The minimum absolute atomic E-state index is 0.174. The standard InChI is InChI=1S/C13H15N3O4/c1-13(2,3)9(17)7-20-11(18)8-4-5-10-14-15-12(19)16(10)6-8/h4-6H,7H2,1-3H3,(H,15,19). The van der Waals surface area contributed by atoms with Crippen LogP contribution in [-0.2, 0) is 9.53 Å². The van der Waals surface area contributed by atoms with E-state index in [9.17, 15) is 14.4 Å². The Bertz CT molecular complexity index is 721. The maximum Gasteiger partial charge on any atom is 0.347 e. The Hall–Kier alpha value is -2.44. The second kappa shape index (κ2) is 4.92. The third-order valence-electron chi connectivity index (χ3n) is 2.82. The highest BCUT2D eigenvalue weighted by molar-refractivity contribution is 5.92. The summed E-state index contributed by atoms with van der Waals surface area (Å²) in [6.07, 6.45) is 1.32. The van der Waals surface area contributed by atoms with Gasteiger partial charge in [-0.1, -0.05) is 20.8 Å². The normalized spacial score (nSPS) is 11.6. The summed E-state index contributed by atoms with van der Waals surface area (Å²) in [5, 5.41) is 6.01. The summed E-state index contributed by atoms with van der Waals surface area (Å²) >= 11 is 0. The van der Waals surface area contributed by atoms with Gasteiger partial charge in [0.1, 0.15) is 0 Å². The number of carbonyl (C=O) groups excluding carboxylic acids is 2. The molecule has 20 heavy (non-hydrogen) atoms. The fourth-order valence-electron chi connectivity index (χ4n) is 1.46. The molecule has 7 heteroatoms. The fourth-order valence-corrected chi connectivity index (χ4v) is 1.46. The molecular weight excluding hydrogens is 262 g/mol. The van der Waals surface area contributed by atoms with Crippen LogP contribution < -0.4 is 5.69 Å². The molecule has 0 bridgehead atoms. The van der Waals surface area contributed by atoms with E-state index < -0.39 is 17.1 Å². The molecule has 0 aromatic carbocycles. The number of Topliss-reactive ketones (excluding diaryl/α,β-unsaturated/α-hetero) is 1. The number of aromatic amines is 1. The largest absolute Gasteiger partial charge is 0.454 e. The van der Waals surface area contributed by atoms with Gasteiger partial charge in [-0.15, -0.1) is 0 Å². The van der Waals surface area contributed by atoms with Crippen molar-refractivity contribution < 1.29 is 14.3 Å². The van der Waals surface area contributed by atoms with Crippen molar-refractivity contribution in [2.24, 2.45) is 5.41 Å². The lowest BCUT2D eigenvalue weighted by molar-refractivity contribution is -0.129. The minimum atomic E-state index is -0.655. The van der Waals surface area contributed by atoms with Gasteiger partial charge in [0, 0.05) is 11.6 Å². The number of hydrogen-bond acceptors (Lipinski definition) is 5. The number of carbonyl (C=O) groups is 2. The predicted molar refractivity (Wildman–Crippen MR) is 70.6 cm³/mol. The minimum Gasteiger partial charge on any atom is -0.454 e. The van der Waals surface area contributed by atoms with E-state index in [2.05, 4.69) is 10.2 Å². The molecule has 0 amide bonds. The summed E-state index contributed by atoms with van der Waals surface area (Å²) in [4.78, 5) is 34.9. The number of hydrogen-bond donors (Lipinski definition) is 1. The zero-order valence-electron chi connectivity index (χ0n) is 11.5. The lowest BCUT2D eigenvalue weighted by atomic mass is 9.91. The van der Waals surface area contributed by atoms with Crippen molar-refractivity contribution in [3.8, 4) is 0 Å². The number of fused-ring (bicyclic) bond motifs is 1. The van der Waals surface area contributed by atoms with E-state index in [1.54, 1.807) is 20.8 Å². The molecule has 0 saturated heterocycles. The van der Waals surface area contributed by atoms with Gasteiger partial charge in [0.2, 0.25) is 0 Å². The molecule has 2 aromatic heterocycles. The summed E-state index contributed by atoms with van der Waals surface area (Å²) in [6.45, 7) is 4.96. The van der Waals surface area contributed by atoms with E-state index in [1.807, 2.05) is 0 Å². The Kier molecular flexibility index (Phi) is 3.44.